The van der Waals surface area contributed by atoms with E-state index in [4.69, 9.17) is 4.98 Å². The average molecular weight is 636 g/mol. The molecule has 3 aliphatic rings. The highest BCUT2D eigenvalue weighted by Crippen LogP contribution is 2.34. The number of benzene rings is 2. The zero-order valence-electron chi connectivity index (χ0n) is 26.5. The number of nitrogens with one attached hydrogen (secondary N) is 2. The van der Waals surface area contributed by atoms with Crippen molar-refractivity contribution < 1.29 is 14.3 Å². The number of aromatic amines is 2. The second kappa shape index (κ2) is 12.1. The number of fused-ring (bicyclic) bond motifs is 2. The van der Waals surface area contributed by atoms with Crippen LogP contribution in [-0.4, -0.2) is 96.3 Å². The van der Waals surface area contributed by atoms with Gasteiger partial charge < -0.3 is 19.9 Å². The summed E-state index contributed by atoms with van der Waals surface area (Å²) in [5, 5.41) is 18.4. The third-order valence-electron chi connectivity index (χ3n) is 9.83. The van der Waals surface area contributed by atoms with Crippen molar-refractivity contribution in [2.75, 3.05) is 44.2 Å². The molecule has 2 aliphatic heterocycles. The van der Waals surface area contributed by atoms with Gasteiger partial charge in [-0.1, -0.05) is 13.0 Å². The first kappa shape index (κ1) is 29.6. The Labute approximate surface area is 271 Å². The van der Waals surface area contributed by atoms with Crippen LogP contribution in [0.3, 0.4) is 0 Å². The molecule has 0 bridgehead atoms. The second-order valence-electron chi connectivity index (χ2n) is 12.8. The Kier molecular flexibility index (Phi) is 7.59. The fourth-order valence-electron chi connectivity index (χ4n) is 7.04. The number of aromatic nitrogens is 6. The topological polar surface area (TPSA) is 130 Å². The highest BCUT2D eigenvalue weighted by molar-refractivity contribution is 5.94. The predicted octanol–water partition coefficient (Wildman–Crippen LogP) is 4.73. The molecule has 1 saturated carbocycles. The molecule has 11 nitrogen and oxygen atoms in total. The van der Waals surface area contributed by atoms with Crippen molar-refractivity contribution in [3.8, 4) is 28.4 Å². The molecule has 0 atom stereocenters. The molecule has 5 aromatic rings. The molecule has 12 heteroatoms. The van der Waals surface area contributed by atoms with Crippen molar-refractivity contribution in [3.05, 3.63) is 71.2 Å². The molecule has 47 heavy (non-hydrogen) atoms. The smallest absolute Gasteiger partial charge is 0.274 e. The van der Waals surface area contributed by atoms with E-state index in [1.807, 2.05) is 30.0 Å². The lowest BCUT2D eigenvalue weighted by Crippen LogP contribution is -2.34. The van der Waals surface area contributed by atoms with Gasteiger partial charge in [-0.15, -0.1) is 0 Å². The van der Waals surface area contributed by atoms with Crippen molar-refractivity contribution in [1.29, 1.82) is 0 Å². The minimum absolute atomic E-state index is 0.112. The minimum Gasteiger partial charge on any atom is -0.505 e. The molecule has 1 saturated heterocycles. The number of H-pyrrole nitrogens is 2. The standard InChI is InChI=1S/C35H38FN9O2/c1-2-21-17-31(46)26(36)18-25(21)22-4-7-24-29(16-22)41-42-33(24)34-39-27-8-12-45(13-9-28(27)40-34)35(47)30-19-38-32(20-37-30)44-11-3-10-43(14-15-44)23-5-6-23/h4,7,16-20,23,46H,2-3,5-6,8-15H2,1H3,(H,39,40)(H,41,42). The van der Waals surface area contributed by atoms with Crippen LogP contribution in [0.1, 0.15) is 53.6 Å². The number of phenols is 1. The van der Waals surface area contributed by atoms with Crippen LogP contribution in [-0.2, 0) is 19.3 Å². The Hall–Kier alpha value is -4.84. The van der Waals surface area contributed by atoms with Gasteiger partial charge in [-0.2, -0.15) is 5.10 Å². The number of rotatable bonds is 6. The fourth-order valence-corrected chi connectivity index (χ4v) is 7.04. The predicted molar refractivity (Wildman–Crippen MR) is 177 cm³/mol. The maximum atomic E-state index is 14.2. The third kappa shape index (κ3) is 5.71. The van der Waals surface area contributed by atoms with Crippen LogP contribution in [0.15, 0.2) is 42.7 Å². The zero-order valence-corrected chi connectivity index (χ0v) is 26.5. The highest BCUT2D eigenvalue weighted by Gasteiger charge is 2.30. The van der Waals surface area contributed by atoms with Gasteiger partial charge in [0.15, 0.2) is 17.4 Å². The van der Waals surface area contributed by atoms with Gasteiger partial charge in [0.2, 0.25) is 0 Å². The maximum absolute atomic E-state index is 14.2. The van der Waals surface area contributed by atoms with Crippen LogP contribution in [0.25, 0.3) is 33.5 Å². The Bertz CT molecular complexity index is 1920. The SMILES string of the molecule is CCc1cc(O)c(F)cc1-c1ccc2c(-c3nc4c([nH]3)CCN(C(=O)c3cnc(N5CCCN(C6CC6)CC5)cn3)CC4)n[nH]c2c1. The van der Waals surface area contributed by atoms with Gasteiger partial charge >= 0.3 is 0 Å². The molecule has 0 unspecified atom stereocenters. The number of hydrogen-bond donors (Lipinski definition) is 3. The third-order valence-corrected chi connectivity index (χ3v) is 9.83. The highest BCUT2D eigenvalue weighted by atomic mass is 19.1. The number of amides is 1. The van der Waals surface area contributed by atoms with Crippen molar-refractivity contribution in [2.45, 2.75) is 51.5 Å². The number of hydrogen-bond acceptors (Lipinski definition) is 8. The minimum atomic E-state index is -0.644. The molecule has 3 N–H and O–H groups in total. The van der Waals surface area contributed by atoms with Gasteiger partial charge in [-0.05, 0) is 66.6 Å². The Morgan fingerprint density at radius 1 is 1.02 bits per heavy atom. The fraction of sp³-hybridized carbons (Fsp3) is 0.400. The monoisotopic (exact) mass is 635 g/mol. The molecule has 242 valence electrons. The van der Waals surface area contributed by atoms with E-state index in [0.29, 0.717) is 49.6 Å². The zero-order chi connectivity index (χ0) is 32.1. The Balaban J connectivity index is 0.940. The van der Waals surface area contributed by atoms with Crippen LogP contribution >= 0.6 is 0 Å². The number of phenolic OH excluding ortho intramolecular Hbond substituents is 1. The number of aryl methyl sites for hydroxylation is 1. The number of imidazole rings is 1. The summed E-state index contributed by atoms with van der Waals surface area (Å²) in [6, 6.07) is 9.49. The quantitative estimate of drug-likeness (QED) is 0.244. The van der Waals surface area contributed by atoms with E-state index < -0.39 is 5.82 Å². The van der Waals surface area contributed by atoms with Crippen LogP contribution < -0.4 is 4.90 Å². The normalized spacial score (nSPS) is 17.5. The first-order chi connectivity index (χ1) is 22.9. The second-order valence-corrected chi connectivity index (χ2v) is 12.8. The number of aromatic hydroxyl groups is 1. The van der Waals surface area contributed by atoms with Crippen LogP contribution in [0.5, 0.6) is 5.75 Å². The summed E-state index contributed by atoms with van der Waals surface area (Å²) in [6.45, 7) is 7.15. The summed E-state index contributed by atoms with van der Waals surface area (Å²) in [6.07, 6.45) is 9.05. The van der Waals surface area contributed by atoms with Gasteiger partial charge in [-0.3, -0.25) is 14.8 Å². The molecule has 8 rings (SSSR count). The largest absolute Gasteiger partial charge is 0.505 e. The number of nitrogens with zero attached hydrogens (tertiary/aromatic N) is 7. The first-order valence-electron chi connectivity index (χ1n) is 16.6. The summed E-state index contributed by atoms with van der Waals surface area (Å²) in [5.74, 6) is 0.414. The molecule has 1 amide bonds. The van der Waals surface area contributed by atoms with Gasteiger partial charge in [0.1, 0.15) is 17.2 Å². The van der Waals surface area contributed by atoms with Crippen LogP contribution in [0, 0.1) is 5.82 Å². The molecule has 3 aromatic heterocycles. The molecule has 1 aliphatic carbocycles. The number of anilines is 1. The summed E-state index contributed by atoms with van der Waals surface area (Å²) in [4.78, 5) is 37.7. The van der Waals surface area contributed by atoms with Gasteiger partial charge in [-0.25, -0.2) is 19.3 Å². The van der Waals surface area contributed by atoms with E-state index in [9.17, 15) is 14.3 Å². The van der Waals surface area contributed by atoms with E-state index in [0.717, 1.165) is 83.4 Å². The van der Waals surface area contributed by atoms with Gasteiger partial charge in [0, 0.05) is 69.2 Å². The Morgan fingerprint density at radius 3 is 2.70 bits per heavy atom. The first-order valence-corrected chi connectivity index (χ1v) is 16.6. The van der Waals surface area contributed by atoms with Gasteiger partial charge in [0.05, 0.1) is 23.6 Å². The van der Waals surface area contributed by atoms with E-state index >= 15 is 0 Å². The number of carbonyl (C=O) groups excluding carboxylic acids is 1. The van der Waals surface area contributed by atoms with E-state index in [-0.39, 0.29) is 11.7 Å². The average Bonchev–Trinajstić information content (AvgIpc) is 3.84. The molecule has 2 aromatic carbocycles. The number of halogens is 1. The molecule has 2 fully saturated rings. The number of carbonyl (C=O) groups is 1. The van der Waals surface area contributed by atoms with Crippen molar-refractivity contribution in [1.82, 2.24) is 39.9 Å². The van der Waals surface area contributed by atoms with Crippen molar-refractivity contribution >= 4 is 22.6 Å². The lowest BCUT2D eigenvalue weighted by Gasteiger charge is -2.23. The van der Waals surface area contributed by atoms with E-state index in [1.165, 1.54) is 25.0 Å². The van der Waals surface area contributed by atoms with E-state index in [1.54, 1.807) is 12.4 Å². The lowest BCUT2D eigenvalue weighted by molar-refractivity contribution is 0.0756. The van der Waals surface area contributed by atoms with Gasteiger partial charge in [0.25, 0.3) is 5.91 Å². The molecule has 0 spiro atoms. The maximum Gasteiger partial charge on any atom is 0.274 e. The van der Waals surface area contributed by atoms with Crippen LogP contribution in [0.2, 0.25) is 0 Å². The van der Waals surface area contributed by atoms with Crippen molar-refractivity contribution in [2.24, 2.45) is 0 Å². The van der Waals surface area contributed by atoms with Crippen LogP contribution in [0.4, 0.5) is 10.2 Å². The summed E-state index contributed by atoms with van der Waals surface area (Å²) >= 11 is 0. The van der Waals surface area contributed by atoms with Crippen molar-refractivity contribution in [3.63, 3.8) is 0 Å². The molecular formula is C35H38FN9O2. The summed E-state index contributed by atoms with van der Waals surface area (Å²) < 4.78 is 14.2. The molecule has 0 radical (unpaired) electrons. The summed E-state index contributed by atoms with van der Waals surface area (Å²) in [5.41, 5.74) is 6.25. The van der Waals surface area contributed by atoms with E-state index in [2.05, 4.69) is 34.9 Å². The molecular weight excluding hydrogens is 597 g/mol. The summed E-state index contributed by atoms with van der Waals surface area (Å²) in [7, 11) is 0. The Morgan fingerprint density at radius 2 is 1.89 bits per heavy atom. The lowest BCUT2D eigenvalue weighted by atomic mass is 9.96. The molecule has 5 heterocycles.